The molecule has 0 saturated carbocycles. The monoisotopic (exact) mass is 334 g/mol. The van der Waals surface area contributed by atoms with Gasteiger partial charge >= 0.3 is 0 Å². The summed E-state index contributed by atoms with van der Waals surface area (Å²) in [5.74, 6) is 0.0534. The second-order valence-electron chi connectivity index (χ2n) is 6.24. The zero-order valence-electron chi connectivity index (χ0n) is 14.8. The van der Waals surface area contributed by atoms with Gasteiger partial charge in [-0.1, -0.05) is 61.9 Å². The van der Waals surface area contributed by atoms with Crippen molar-refractivity contribution in [2.75, 3.05) is 0 Å². The maximum Gasteiger partial charge on any atom is 0.152 e. The van der Waals surface area contributed by atoms with Gasteiger partial charge in [-0.2, -0.15) is 5.26 Å². The van der Waals surface area contributed by atoms with Gasteiger partial charge in [0.05, 0.1) is 12.1 Å². The van der Waals surface area contributed by atoms with E-state index in [9.17, 15) is 4.79 Å². The van der Waals surface area contributed by atoms with Crippen molar-refractivity contribution >= 4 is 11.9 Å². The molecule has 25 heavy (non-hydrogen) atoms. The van der Waals surface area contributed by atoms with Crippen LogP contribution in [0.2, 0.25) is 0 Å². The van der Waals surface area contributed by atoms with E-state index in [1.165, 1.54) is 5.56 Å². The van der Waals surface area contributed by atoms with Crippen LogP contribution in [0.5, 0.6) is 0 Å². The Bertz CT molecular complexity index is 804. The van der Waals surface area contributed by atoms with E-state index in [2.05, 4.69) is 43.3 Å². The molecule has 0 heterocycles. The molecule has 0 saturated heterocycles. The Morgan fingerprint density at radius 3 is 2.52 bits per heavy atom. The van der Waals surface area contributed by atoms with Gasteiger partial charge < -0.3 is 5.73 Å². The molecular weight excluding hydrogens is 308 g/mol. The summed E-state index contributed by atoms with van der Waals surface area (Å²) in [4.78, 5) is 11.2. The molecule has 0 aromatic heterocycles. The Morgan fingerprint density at radius 1 is 1.24 bits per heavy atom. The lowest BCUT2D eigenvalue weighted by Gasteiger charge is -2.10. The molecule has 2 aromatic rings. The summed E-state index contributed by atoms with van der Waals surface area (Å²) in [7, 11) is 0. The Morgan fingerprint density at radius 2 is 1.92 bits per heavy atom. The van der Waals surface area contributed by atoms with E-state index in [1.807, 2.05) is 18.2 Å². The van der Waals surface area contributed by atoms with Crippen molar-refractivity contribution in [1.29, 1.82) is 5.26 Å². The number of nitrogens with zero attached hydrogens (tertiary/aromatic N) is 1. The van der Waals surface area contributed by atoms with Crippen LogP contribution in [0.15, 0.2) is 48.5 Å². The van der Waals surface area contributed by atoms with Crippen molar-refractivity contribution in [2.24, 2.45) is 5.73 Å². The van der Waals surface area contributed by atoms with E-state index in [1.54, 1.807) is 13.0 Å². The second kappa shape index (κ2) is 8.96. The first-order valence-corrected chi connectivity index (χ1v) is 8.59. The van der Waals surface area contributed by atoms with Crippen molar-refractivity contribution < 1.29 is 6.22 Å². The lowest BCUT2D eigenvalue weighted by atomic mass is 9.95. The number of aryl methyl sites for hydroxylation is 1. The maximum absolute atomic E-state index is 11.2. The third-order valence-electron chi connectivity index (χ3n) is 4.07. The molecule has 0 bridgehead atoms. The molecule has 0 spiro atoms. The van der Waals surface area contributed by atoms with E-state index in [-0.39, 0.29) is 7.21 Å². The molecule has 2 N–H and O–H groups in total. The SMILES string of the molecule is CCCc1cc(-c2ccc(C[C@H](N)C#N)cc2)ccc1/C=C\C(C)=O.[HH]. The van der Waals surface area contributed by atoms with Crippen LogP contribution >= 0.6 is 0 Å². The number of allylic oxidation sites excluding steroid dienone is 1. The Kier molecular flexibility index (Phi) is 6.68. The van der Waals surface area contributed by atoms with Crippen LogP contribution in [0.4, 0.5) is 0 Å². The predicted molar refractivity (Wildman–Crippen MR) is 105 cm³/mol. The normalized spacial score (nSPS) is 12.1. The maximum atomic E-state index is 11.2. The van der Waals surface area contributed by atoms with E-state index in [0.29, 0.717) is 6.42 Å². The predicted octanol–water partition coefficient (Wildman–Crippen LogP) is 4.55. The average Bonchev–Trinajstić information content (AvgIpc) is 2.61. The molecule has 130 valence electrons. The zero-order valence-corrected chi connectivity index (χ0v) is 14.8. The van der Waals surface area contributed by atoms with Gasteiger partial charge in [-0.05, 0) is 47.2 Å². The fourth-order valence-electron chi connectivity index (χ4n) is 2.77. The number of carbonyl (C=O) groups is 1. The number of ketones is 1. The Labute approximate surface area is 151 Å². The highest BCUT2D eigenvalue weighted by molar-refractivity contribution is 5.91. The van der Waals surface area contributed by atoms with Crippen LogP contribution in [0.25, 0.3) is 17.2 Å². The average molecular weight is 334 g/mol. The molecule has 0 aliphatic heterocycles. The summed E-state index contributed by atoms with van der Waals surface area (Å²) in [6.45, 7) is 3.71. The third kappa shape index (κ3) is 5.41. The number of rotatable bonds is 7. The van der Waals surface area contributed by atoms with Crippen LogP contribution in [0.1, 0.15) is 38.4 Å². The van der Waals surface area contributed by atoms with Crippen LogP contribution in [-0.4, -0.2) is 11.8 Å². The standard InChI is InChI=1S/C22H24N2O.H2/c1-3-4-20-14-21(12-11-18(20)8-5-16(2)25)19-9-6-17(7-10-19)13-22(24)15-23;/h5-12,14,22H,3-4,13,24H2,1-2H3;1H/b8-5-;/t22-;/m0./s1. The van der Waals surface area contributed by atoms with Crippen LogP contribution < -0.4 is 5.73 Å². The van der Waals surface area contributed by atoms with Crippen molar-refractivity contribution in [1.82, 2.24) is 0 Å². The smallest absolute Gasteiger partial charge is 0.152 e. The molecule has 0 aliphatic rings. The first-order chi connectivity index (χ1) is 12.0. The zero-order chi connectivity index (χ0) is 18.2. The Balaban J connectivity index is 0.00000338. The number of nitrogens with two attached hydrogens (primary N) is 1. The fourth-order valence-corrected chi connectivity index (χ4v) is 2.77. The van der Waals surface area contributed by atoms with Crippen molar-refractivity contribution in [3.8, 4) is 17.2 Å². The topological polar surface area (TPSA) is 66.9 Å². The van der Waals surface area contributed by atoms with Gasteiger partial charge in [0.1, 0.15) is 0 Å². The Hall–Kier alpha value is -2.70. The van der Waals surface area contributed by atoms with Gasteiger partial charge in [0.15, 0.2) is 5.78 Å². The quantitative estimate of drug-likeness (QED) is 0.755. The third-order valence-corrected chi connectivity index (χ3v) is 4.07. The summed E-state index contributed by atoms with van der Waals surface area (Å²) in [6, 6.07) is 16.1. The van der Waals surface area contributed by atoms with Gasteiger partial charge in [-0.15, -0.1) is 0 Å². The second-order valence-corrected chi connectivity index (χ2v) is 6.24. The molecular formula is C22H26N2O. The number of nitriles is 1. The largest absolute Gasteiger partial charge is 0.316 e. The lowest BCUT2D eigenvalue weighted by molar-refractivity contribution is -0.112. The molecule has 3 nitrogen and oxygen atoms in total. The van der Waals surface area contributed by atoms with Crippen molar-refractivity contribution in [3.63, 3.8) is 0 Å². The van der Waals surface area contributed by atoms with E-state index < -0.39 is 6.04 Å². The van der Waals surface area contributed by atoms with E-state index >= 15 is 0 Å². The fraction of sp³-hybridized carbons (Fsp3) is 0.273. The minimum atomic E-state index is -0.464. The van der Waals surface area contributed by atoms with Crippen molar-refractivity contribution in [2.45, 2.75) is 39.2 Å². The lowest BCUT2D eigenvalue weighted by Crippen LogP contribution is -2.19. The number of benzene rings is 2. The number of hydrogen-bond donors (Lipinski definition) is 1. The van der Waals surface area contributed by atoms with Crippen molar-refractivity contribution in [3.05, 3.63) is 65.2 Å². The van der Waals surface area contributed by atoms with Crippen LogP contribution in [0.3, 0.4) is 0 Å². The van der Waals surface area contributed by atoms with Crippen LogP contribution in [0, 0.1) is 11.3 Å². The molecule has 2 aromatic carbocycles. The summed E-state index contributed by atoms with van der Waals surface area (Å²) < 4.78 is 0. The summed E-state index contributed by atoms with van der Waals surface area (Å²) in [6.07, 6.45) is 6.09. The molecule has 0 unspecified atom stereocenters. The molecule has 3 heteroatoms. The minimum absolute atomic E-state index is 0. The van der Waals surface area contributed by atoms with Gasteiger partial charge in [-0.25, -0.2) is 0 Å². The van der Waals surface area contributed by atoms with Gasteiger partial charge in [0.2, 0.25) is 0 Å². The molecule has 0 aliphatic carbocycles. The van der Waals surface area contributed by atoms with Crippen LogP contribution in [-0.2, 0) is 17.6 Å². The molecule has 0 radical (unpaired) electrons. The first-order valence-electron chi connectivity index (χ1n) is 8.59. The molecule has 1 atom stereocenters. The number of carbonyl (C=O) groups excluding carboxylic acids is 1. The summed E-state index contributed by atoms with van der Waals surface area (Å²) >= 11 is 0. The summed E-state index contributed by atoms with van der Waals surface area (Å²) in [5, 5.41) is 8.81. The van der Waals surface area contributed by atoms with E-state index in [0.717, 1.165) is 35.1 Å². The van der Waals surface area contributed by atoms with Gasteiger partial charge in [0, 0.05) is 7.85 Å². The molecule has 2 rings (SSSR count). The van der Waals surface area contributed by atoms with E-state index in [4.69, 9.17) is 11.0 Å². The van der Waals surface area contributed by atoms with Gasteiger partial charge in [-0.3, -0.25) is 4.79 Å². The highest BCUT2D eigenvalue weighted by atomic mass is 16.1. The molecule has 0 fully saturated rings. The number of hydrogen-bond acceptors (Lipinski definition) is 3. The molecule has 0 amide bonds. The minimum Gasteiger partial charge on any atom is -0.316 e. The first kappa shape index (κ1) is 18.6. The van der Waals surface area contributed by atoms with Gasteiger partial charge in [0.25, 0.3) is 0 Å². The highest BCUT2D eigenvalue weighted by Gasteiger charge is 2.06. The highest BCUT2D eigenvalue weighted by Crippen LogP contribution is 2.25. The summed E-state index contributed by atoms with van der Waals surface area (Å²) in [5.41, 5.74) is 11.4.